The van der Waals surface area contributed by atoms with Crippen molar-refractivity contribution in [1.82, 2.24) is 19.8 Å². The normalized spacial score (nSPS) is 18.6. The molecule has 1 N–H and O–H groups in total. The van der Waals surface area contributed by atoms with Gasteiger partial charge in [-0.2, -0.15) is 0 Å². The van der Waals surface area contributed by atoms with Gasteiger partial charge in [-0.1, -0.05) is 6.07 Å². The van der Waals surface area contributed by atoms with Crippen LogP contribution in [0.25, 0.3) is 5.69 Å². The molecule has 5 rings (SSSR count). The molecule has 1 aliphatic heterocycles. The van der Waals surface area contributed by atoms with Crippen LogP contribution in [0.4, 0.5) is 4.39 Å². The van der Waals surface area contributed by atoms with Crippen molar-refractivity contribution in [3.63, 3.8) is 0 Å². The number of benzene rings is 1. The van der Waals surface area contributed by atoms with Crippen LogP contribution in [0.2, 0.25) is 0 Å². The summed E-state index contributed by atoms with van der Waals surface area (Å²) in [5.74, 6) is 0.563. The van der Waals surface area contributed by atoms with Gasteiger partial charge in [-0.3, -0.25) is 4.98 Å². The Bertz CT molecular complexity index is 1140. The summed E-state index contributed by atoms with van der Waals surface area (Å²) in [7, 11) is 0. The van der Waals surface area contributed by atoms with Crippen LogP contribution in [0.1, 0.15) is 29.2 Å². The Kier molecular flexibility index (Phi) is 4.80. The number of pyridine rings is 1. The summed E-state index contributed by atoms with van der Waals surface area (Å²) in [6.07, 6.45) is 5.42. The maximum absolute atomic E-state index is 13.5. The molecule has 2 unspecified atom stereocenters. The average molecular weight is 418 g/mol. The lowest BCUT2D eigenvalue weighted by Gasteiger charge is -2.28. The number of aromatic nitrogens is 2. The van der Waals surface area contributed by atoms with Gasteiger partial charge in [-0.25, -0.2) is 4.39 Å². The first-order valence-electron chi connectivity index (χ1n) is 9.64. The summed E-state index contributed by atoms with van der Waals surface area (Å²) in [6.45, 7) is 0.529. The van der Waals surface area contributed by atoms with E-state index in [0.717, 1.165) is 22.8 Å². The fraction of sp³-hybridized carbons (Fsp3) is 0.130. The smallest absolute Gasteiger partial charge is 0.170 e. The number of nitrogens with one attached hydrogen (secondary N) is 1. The Labute approximate surface area is 178 Å². The second kappa shape index (κ2) is 7.76. The molecule has 0 radical (unpaired) electrons. The molecule has 3 aromatic heterocycles. The number of hydrogen-bond acceptors (Lipinski definition) is 3. The van der Waals surface area contributed by atoms with Gasteiger partial charge in [0.05, 0.1) is 30.6 Å². The van der Waals surface area contributed by atoms with E-state index in [0.29, 0.717) is 11.7 Å². The highest BCUT2D eigenvalue weighted by Gasteiger charge is 2.41. The minimum atomic E-state index is -0.262. The van der Waals surface area contributed by atoms with Crippen molar-refractivity contribution in [2.45, 2.75) is 18.6 Å². The van der Waals surface area contributed by atoms with Crippen molar-refractivity contribution in [2.24, 2.45) is 0 Å². The van der Waals surface area contributed by atoms with Crippen molar-refractivity contribution in [1.29, 1.82) is 0 Å². The van der Waals surface area contributed by atoms with Crippen molar-refractivity contribution >= 4 is 17.3 Å². The molecule has 30 heavy (non-hydrogen) atoms. The molecular weight excluding hydrogens is 399 g/mol. The molecule has 4 heterocycles. The van der Waals surface area contributed by atoms with Gasteiger partial charge < -0.3 is 19.2 Å². The van der Waals surface area contributed by atoms with E-state index in [-0.39, 0.29) is 17.9 Å². The van der Waals surface area contributed by atoms with Gasteiger partial charge in [0.2, 0.25) is 0 Å². The SMILES string of the molecule is Fc1ccc(-n2cccc2C2C(c3ccccn3)NC(=S)N2Cc2ccco2)cc1. The van der Waals surface area contributed by atoms with E-state index < -0.39 is 0 Å². The van der Waals surface area contributed by atoms with Crippen molar-refractivity contribution in [3.05, 3.63) is 108 Å². The highest BCUT2D eigenvalue weighted by atomic mass is 32.1. The van der Waals surface area contributed by atoms with Gasteiger partial charge in [-0.05, 0) is 72.9 Å². The molecule has 2 atom stereocenters. The summed E-state index contributed by atoms with van der Waals surface area (Å²) in [4.78, 5) is 6.68. The second-order valence-corrected chi connectivity index (χ2v) is 7.50. The lowest BCUT2D eigenvalue weighted by molar-refractivity contribution is 0.280. The van der Waals surface area contributed by atoms with E-state index in [1.54, 1.807) is 24.6 Å². The number of halogens is 1. The van der Waals surface area contributed by atoms with Crippen molar-refractivity contribution < 1.29 is 8.81 Å². The topological polar surface area (TPSA) is 46.2 Å². The van der Waals surface area contributed by atoms with Crippen LogP contribution in [0.15, 0.2) is 89.8 Å². The quantitative estimate of drug-likeness (QED) is 0.473. The fourth-order valence-electron chi connectivity index (χ4n) is 3.94. The minimum absolute atomic E-state index is 0.127. The molecule has 0 spiro atoms. The molecule has 1 saturated heterocycles. The van der Waals surface area contributed by atoms with Crippen molar-refractivity contribution in [2.75, 3.05) is 0 Å². The average Bonchev–Trinajstić information content (AvgIpc) is 3.51. The van der Waals surface area contributed by atoms with Gasteiger partial charge in [-0.15, -0.1) is 0 Å². The lowest BCUT2D eigenvalue weighted by atomic mass is 10.0. The van der Waals surface area contributed by atoms with Crippen LogP contribution in [0.3, 0.4) is 0 Å². The number of thiocarbonyl (C=S) groups is 1. The Morgan fingerprint density at radius 3 is 2.63 bits per heavy atom. The minimum Gasteiger partial charge on any atom is -0.467 e. The van der Waals surface area contributed by atoms with E-state index in [9.17, 15) is 4.39 Å². The van der Waals surface area contributed by atoms with Crippen LogP contribution in [-0.2, 0) is 6.54 Å². The highest BCUT2D eigenvalue weighted by molar-refractivity contribution is 7.80. The lowest BCUT2D eigenvalue weighted by Crippen LogP contribution is -2.29. The molecule has 5 nitrogen and oxygen atoms in total. The summed E-state index contributed by atoms with van der Waals surface area (Å²) >= 11 is 5.71. The molecule has 0 amide bonds. The predicted molar refractivity (Wildman–Crippen MR) is 115 cm³/mol. The van der Waals surface area contributed by atoms with E-state index in [4.69, 9.17) is 16.6 Å². The van der Waals surface area contributed by atoms with Crippen LogP contribution in [0.5, 0.6) is 0 Å². The van der Waals surface area contributed by atoms with E-state index in [2.05, 4.69) is 25.8 Å². The molecule has 0 bridgehead atoms. The number of hydrogen-bond donors (Lipinski definition) is 1. The van der Waals surface area contributed by atoms with E-state index >= 15 is 0 Å². The first kappa shape index (κ1) is 18.6. The van der Waals surface area contributed by atoms with E-state index in [1.807, 2.05) is 42.6 Å². The molecule has 4 aromatic rings. The van der Waals surface area contributed by atoms with Gasteiger partial charge >= 0.3 is 0 Å². The second-order valence-electron chi connectivity index (χ2n) is 7.11. The molecule has 0 saturated carbocycles. The first-order chi connectivity index (χ1) is 14.7. The van der Waals surface area contributed by atoms with Crippen LogP contribution in [0, 0.1) is 5.82 Å². The van der Waals surface area contributed by atoms with Crippen LogP contribution in [-0.4, -0.2) is 19.6 Å². The first-order valence-corrected chi connectivity index (χ1v) is 10.1. The Hall–Kier alpha value is -3.45. The van der Waals surface area contributed by atoms with Gasteiger partial charge in [0.25, 0.3) is 0 Å². The standard InChI is InChI=1S/C23H19FN4OS/c24-16-8-10-17(11-9-16)27-13-3-7-20(27)22-21(19-6-1-2-12-25-19)26-23(30)28(22)15-18-5-4-14-29-18/h1-14,21-22H,15H2,(H,26,30). The van der Waals surface area contributed by atoms with Crippen LogP contribution < -0.4 is 5.32 Å². The Morgan fingerprint density at radius 2 is 1.90 bits per heavy atom. The molecule has 150 valence electrons. The fourth-order valence-corrected chi connectivity index (χ4v) is 4.24. The summed E-state index contributed by atoms with van der Waals surface area (Å²) in [5, 5.41) is 4.08. The zero-order valence-corrected chi connectivity index (χ0v) is 16.8. The molecule has 1 aromatic carbocycles. The molecule has 7 heteroatoms. The summed E-state index contributed by atoms with van der Waals surface area (Å²) < 4.78 is 21.1. The zero-order valence-electron chi connectivity index (χ0n) is 16.0. The highest BCUT2D eigenvalue weighted by Crippen LogP contribution is 2.40. The van der Waals surface area contributed by atoms with Gasteiger partial charge in [0.15, 0.2) is 5.11 Å². The third kappa shape index (κ3) is 3.37. The Morgan fingerprint density at radius 1 is 1.03 bits per heavy atom. The summed E-state index contributed by atoms with van der Waals surface area (Å²) in [5.41, 5.74) is 2.81. The summed E-state index contributed by atoms with van der Waals surface area (Å²) in [6, 6.07) is 19.9. The molecular formula is C23H19FN4OS. The third-order valence-corrected chi connectivity index (χ3v) is 5.64. The molecule has 1 aliphatic rings. The number of rotatable bonds is 5. The Balaban J connectivity index is 1.60. The van der Waals surface area contributed by atoms with Gasteiger partial charge in [0, 0.05) is 23.8 Å². The maximum Gasteiger partial charge on any atom is 0.170 e. The molecule has 0 aliphatic carbocycles. The van der Waals surface area contributed by atoms with E-state index in [1.165, 1.54) is 12.1 Å². The predicted octanol–water partition coefficient (Wildman–Crippen LogP) is 4.78. The van der Waals surface area contributed by atoms with Gasteiger partial charge in [0.1, 0.15) is 11.6 Å². The zero-order chi connectivity index (χ0) is 20.5. The largest absolute Gasteiger partial charge is 0.467 e. The van der Waals surface area contributed by atoms with Crippen molar-refractivity contribution in [3.8, 4) is 5.69 Å². The van der Waals surface area contributed by atoms with Crippen LogP contribution >= 0.6 is 12.2 Å². The number of nitrogens with zero attached hydrogens (tertiary/aromatic N) is 3. The monoisotopic (exact) mass is 418 g/mol. The third-order valence-electron chi connectivity index (χ3n) is 5.29. The number of furan rings is 1. The maximum atomic E-state index is 13.5. The molecule has 1 fully saturated rings.